The quantitative estimate of drug-likeness (QED) is 0.673. The summed E-state index contributed by atoms with van der Waals surface area (Å²) < 4.78 is 1.81. The van der Waals surface area contributed by atoms with Crippen molar-refractivity contribution in [3.8, 4) is 0 Å². The van der Waals surface area contributed by atoms with Gasteiger partial charge in [-0.05, 0) is 12.8 Å². The monoisotopic (exact) mass is 154 g/mol. The van der Waals surface area contributed by atoms with Crippen molar-refractivity contribution in [1.82, 2.24) is 9.78 Å². The minimum atomic E-state index is 0.0619. The van der Waals surface area contributed by atoms with Crippen LogP contribution in [-0.4, -0.2) is 9.78 Å². The Labute approximate surface area is 66.0 Å². The molecule has 0 spiro atoms. The van der Waals surface area contributed by atoms with E-state index in [1.165, 1.54) is 0 Å². The Morgan fingerprint density at radius 3 is 2.36 bits per heavy atom. The lowest BCUT2D eigenvalue weighted by Gasteiger charge is -1.98. The Hall–Kier alpha value is -0.990. The first-order valence-electron chi connectivity index (χ1n) is 3.97. The molecule has 1 aromatic heterocycles. The van der Waals surface area contributed by atoms with Crippen molar-refractivity contribution in [2.75, 3.05) is 0 Å². The number of rotatable bonds is 2. The number of aryl methyl sites for hydroxylation is 1. The van der Waals surface area contributed by atoms with Gasteiger partial charge in [0.1, 0.15) is 0 Å². The third-order valence-corrected chi connectivity index (χ3v) is 1.99. The first-order chi connectivity index (χ1) is 5.20. The standard InChI is InChI=1S/C8H14N2O/c1-4-6-7(5-2)10(3)9-8(6)11/h4-5H2,1-3H3,(H,9,11). The predicted molar refractivity (Wildman–Crippen MR) is 44.8 cm³/mol. The van der Waals surface area contributed by atoms with Gasteiger partial charge in [-0.2, -0.15) is 0 Å². The van der Waals surface area contributed by atoms with Crippen molar-refractivity contribution in [2.24, 2.45) is 7.05 Å². The first-order valence-corrected chi connectivity index (χ1v) is 3.97. The molecule has 0 aliphatic heterocycles. The second kappa shape index (κ2) is 2.95. The molecule has 0 radical (unpaired) electrons. The van der Waals surface area contributed by atoms with Crippen LogP contribution in [-0.2, 0) is 19.9 Å². The lowest BCUT2D eigenvalue weighted by Crippen LogP contribution is -2.05. The van der Waals surface area contributed by atoms with Gasteiger partial charge in [-0.25, -0.2) is 0 Å². The van der Waals surface area contributed by atoms with E-state index < -0.39 is 0 Å². The number of H-pyrrole nitrogens is 1. The Kier molecular flexibility index (Phi) is 2.17. The molecule has 3 nitrogen and oxygen atoms in total. The van der Waals surface area contributed by atoms with Crippen LogP contribution < -0.4 is 5.56 Å². The predicted octanol–water partition coefficient (Wildman–Crippen LogP) is 0.838. The van der Waals surface area contributed by atoms with Gasteiger partial charge in [0.2, 0.25) is 0 Å². The molecule has 0 saturated carbocycles. The molecule has 0 aromatic carbocycles. The molecule has 0 atom stereocenters. The van der Waals surface area contributed by atoms with Crippen LogP contribution in [0.25, 0.3) is 0 Å². The number of aromatic nitrogens is 2. The van der Waals surface area contributed by atoms with E-state index in [1.807, 2.05) is 14.0 Å². The molecular weight excluding hydrogens is 140 g/mol. The fourth-order valence-corrected chi connectivity index (χ4v) is 1.44. The molecule has 0 unspecified atom stereocenters. The maximum Gasteiger partial charge on any atom is 0.267 e. The number of hydrogen-bond acceptors (Lipinski definition) is 1. The summed E-state index contributed by atoms with van der Waals surface area (Å²) in [5.41, 5.74) is 2.11. The minimum absolute atomic E-state index is 0.0619. The highest BCUT2D eigenvalue weighted by molar-refractivity contribution is 5.17. The summed E-state index contributed by atoms with van der Waals surface area (Å²) in [6.07, 6.45) is 1.73. The summed E-state index contributed by atoms with van der Waals surface area (Å²) in [7, 11) is 1.87. The van der Waals surface area contributed by atoms with Crippen molar-refractivity contribution in [3.63, 3.8) is 0 Å². The van der Waals surface area contributed by atoms with Crippen molar-refractivity contribution >= 4 is 0 Å². The zero-order valence-corrected chi connectivity index (χ0v) is 7.27. The van der Waals surface area contributed by atoms with Gasteiger partial charge >= 0.3 is 0 Å². The fraction of sp³-hybridized carbons (Fsp3) is 0.625. The minimum Gasteiger partial charge on any atom is -0.292 e. The molecule has 1 heterocycles. The molecular formula is C8H14N2O. The average Bonchev–Trinajstić information content (AvgIpc) is 2.24. The molecule has 0 saturated heterocycles. The normalized spacial score (nSPS) is 10.5. The highest BCUT2D eigenvalue weighted by Crippen LogP contribution is 2.03. The van der Waals surface area contributed by atoms with Crippen LogP contribution in [0.3, 0.4) is 0 Å². The molecule has 11 heavy (non-hydrogen) atoms. The molecule has 0 bridgehead atoms. The Bertz CT molecular complexity index is 296. The van der Waals surface area contributed by atoms with Crippen LogP contribution in [0, 0.1) is 0 Å². The van der Waals surface area contributed by atoms with Crippen molar-refractivity contribution in [1.29, 1.82) is 0 Å². The number of hydrogen-bond donors (Lipinski definition) is 1. The maximum atomic E-state index is 11.2. The number of aromatic amines is 1. The van der Waals surface area contributed by atoms with Gasteiger partial charge in [0.15, 0.2) is 0 Å². The summed E-state index contributed by atoms with van der Waals surface area (Å²) in [5, 5.41) is 2.74. The van der Waals surface area contributed by atoms with Gasteiger partial charge < -0.3 is 0 Å². The number of nitrogens with zero attached hydrogens (tertiary/aromatic N) is 1. The van der Waals surface area contributed by atoms with Crippen LogP contribution in [0.4, 0.5) is 0 Å². The Balaban J connectivity index is 3.29. The van der Waals surface area contributed by atoms with Gasteiger partial charge in [0.25, 0.3) is 5.56 Å². The third-order valence-electron chi connectivity index (χ3n) is 1.99. The van der Waals surface area contributed by atoms with E-state index in [2.05, 4.69) is 12.0 Å². The van der Waals surface area contributed by atoms with E-state index >= 15 is 0 Å². The topological polar surface area (TPSA) is 37.8 Å². The fourth-order valence-electron chi connectivity index (χ4n) is 1.44. The highest BCUT2D eigenvalue weighted by atomic mass is 16.1. The summed E-state index contributed by atoms with van der Waals surface area (Å²) >= 11 is 0. The molecule has 0 aliphatic rings. The van der Waals surface area contributed by atoms with Crippen LogP contribution in [0.1, 0.15) is 25.1 Å². The summed E-state index contributed by atoms with van der Waals surface area (Å²) in [4.78, 5) is 11.2. The Morgan fingerprint density at radius 2 is 2.00 bits per heavy atom. The largest absolute Gasteiger partial charge is 0.292 e. The smallest absolute Gasteiger partial charge is 0.267 e. The maximum absolute atomic E-state index is 11.2. The molecule has 3 heteroatoms. The van der Waals surface area contributed by atoms with Crippen molar-refractivity contribution in [3.05, 3.63) is 21.6 Å². The van der Waals surface area contributed by atoms with E-state index in [1.54, 1.807) is 4.68 Å². The molecule has 1 rings (SSSR count). The van der Waals surface area contributed by atoms with Gasteiger partial charge in [0.05, 0.1) is 0 Å². The molecule has 0 fully saturated rings. The van der Waals surface area contributed by atoms with Crippen molar-refractivity contribution in [2.45, 2.75) is 26.7 Å². The van der Waals surface area contributed by atoms with E-state index in [-0.39, 0.29) is 5.56 Å². The Morgan fingerprint density at radius 1 is 1.36 bits per heavy atom. The van der Waals surface area contributed by atoms with Crippen molar-refractivity contribution < 1.29 is 0 Å². The first kappa shape index (κ1) is 8.11. The third kappa shape index (κ3) is 1.23. The second-order valence-electron chi connectivity index (χ2n) is 2.63. The van der Waals surface area contributed by atoms with Crippen LogP contribution in [0.2, 0.25) is 0 Å². The summed E-state index contributed by atoms with van der Waals surface area (Å²) in [6.45, 7) is 4.06. The summed E-state index contributed by atoms with van der Waals surface area (Å²) in [5.74, 6) is 0. The molecule has 1 aromatic rings. The molecule has 0 amide bonds. The average molecular weight is 154 g/mol. The zero-order valence-electron chi connectivity index (χ0n) is 7.27. The molecule has 0 aliphatic carbocycles. The number of nitrogens with one attached hydrogen (secondary N) is 1. The van der Waals surface area contributed by atoms with Gasteiger partial charge in [-0.3, -0.25) is 14.6 Å². The SMILES string of the molecule is CCc1c(CC)n(C)[nH]c1=O. The van der Waals surface area contributed by atoms with E-state index in [0.29, 0.717) is 0 Å². The van der Waals surface area contributed by atoms with Gasteiger partial charge in [-0.15, -0.1) is 0 Å². The molecule has 62 valence electrons. The second-order valence-corrected chi connectivity index (χ2v) is 2.63. The highest BCUT2D eigenvalue weighted by Gasteiger charge is 2.07. The van der Waals surface area contributed by atoms with Crippen LogP contribution >= 0.6 is 0 Å². The van der Waals surface area contributed by atoms with E-state index in [9.17, 15) is 4.79 Å². The lowest BCUT2D eigenvalue weighted by molar-refractivity contribution is 0.709. The van der Waals surface area contributed by atoms with Gasteiger partial charge in [0, 0.05) is 18.3 Å². The van der Waals surface area contributed by atoms with Crippen LogP contribution in [0.5, 0.6) is 0 Å². The lowest BCUT2D eigenvalue weighted by atomic mass is 10.1. The molecule has 1 N–H and O–H groups in total. The zero-order chi connectivity index (χ0) is 8.43. The van der Waals surface area contributed by atoms with E-state index in [4.69, 9.17) is 0 Å². The van der Waals surface area contributed by atoms with E-state index in [0.717, 1.165) is 24.1 Å². The summed E-state index contributed by atoms with van der Waals surface area (Å²) in [6, 6.07) is 0. The van der Waals surface area contributed by atoms with Crippen LogP contribution in [0.15, 0.2) is 4.79 Å². The van der Waals surface area contributed by atoms with Gasteiger partial charge in [-0.1, -0.05) is 13.8 Å².